The first-order valence-electron chi connectivity index (χ1n) is 6.85. The lowest BCUT2D eigenvalue weighted by Gasteiger charge is -2.09. The molecule has 0 aliphatic heterocycles. The van der Waals surface area contributed by atoms with E-state index in [1.54, 1.807) is 24.0 Å². The second-order valence-corrected chi connectivity index (χ2v) is 5.86. The van der Waals surface area contributed by atoms with Crippen molar-refractivity contribution in [3.63, 3.8) is 0 Å². The van der Waals surface area contributed by atoms with Gasteiger partial charge in [-0.2, -0.15) is 0 Å². The molecule has 2 aromatic rings. The highest BCUT2D eigenvalue weighted by atomic mass is 32.2. The first-order chi connectivity index (χ1) is 10.1. The summed E-state index contributed by atoms with van der Waals surface area (Å²) < 4.78 is 0. The van der Waals surface area contributed by atoms with E-state index in [4.69, 9.17) is 5.73 Å². The lowest BCUT2D eigenvalue weighted by atomic mass is 10.1. The van der Waals surface area contributed by atoms with Gasteiger partial charge >= 0.3 is 0 Å². The van der Waals surface area contributed by atoms with E-state index >= 15 is 0 Å². The van der Waals surface area contributed by atoms with Crippen LogP contribution in [0.25, 0.3) is 0 Å². The van der Waals surface area contributed by atoms with E-state index in [1.165, 1.54) is 0 Å². The first-order valence-corrected chi connectivity index (χ1v) is 7.83. The van der Waals surface area contributed by atoms with Gasteiger partial charge in [0.15, 0.2) is 0 Å². The van der Waals surface area contributed by atoms with Crippen LogP contribution in [0.3, 0.4) is 0 Å². The number of carbonyl (C=O) groups excluding carboxylic acids is 1. The maximum absolute atomic E-state index is 11.9. The van der Waals surface area contributed by atoms with Crippen LogP contribution in [0.1, 0.15) is 18.4 Å². The molecular formula is C16H19N3OS. The second kappa shape index (κ2) is 7.69. The Morgan fingerprint density at radius 1 is 1.33 bits per heavy atom. The summed E-state index contributed by atoms with van der Waals surface area (Å²) in [5, 5.41) is 3.91. The van der Waals surface area contributed by atoms with Gasteiger partial charge in [-0.25, -0.2) is 4.98 Å². The molecule has 0 saturated carbocycles. The average molecular weight is 301 g/mol. The molecule has 110 valence electrons. The molecule has 0 spiro atoms. The number of thioether (sulfide) groups is 1. The minimum Gasteiger partial charge on any atom is -0.399 e. The molecule has 0 bridgehead atoms. The Morgan fingerprint density at radius 3 is 2.90 bits per heavy atom. The summed E-state index contributed by atoms with van der Waals surface area (Å²) in [6.45, 7) is 1.93. The number of aromatic nitrogens is 1. The van der Waals surface area contributed by atoms with Crippen LogP contribution in [0.4, 0.5) is 11.4 Å². The number of nitrogens with two attached hydrogens (primary N) is 1. The molecule has 0 atom stereocenters. The maximum Gasteiger partial charge on any atom is 0.224 e. The Kier molecular flexibility index (Phi) is 5.63. The Hall–Kier alpha value is -2.01. The summed E-state index contributed by atoms with van der Waals surface area (Å²) >= 11 is 1.67. The molecule has 2 rings (SSSR count). The standard InChI is InChI=1S/C16H19N3OS/c1-12-11-13(17)7-8-14(12)19-15(20)5-4-10-21-16-6-2-3-9-18-16/h2-3,6-9,11H,4-5,10,17H2,1H3,(H,19,20). The van der Waals surface area contributed by atoms with Crippen LogP contribution in [0.15, 0.2) is 47.6 Å². The predicted octanol–water partition coefficient (Wildman–Crippen LogP) is 3.48. The molecular weight excluding hydrogens is 282 g/mol. The highest BCUT2D eigenvalue weighted by Crippen LogP contribution is 2.19. The summed E-state index contributed by atoms with van der Waals surface area (Å²) in [6.07, 6.45) is 3.10. The Balaban J connectivity index is 1.72. The number of benzene rings is 1. The minimum absolute atomic E-state index is 0.0319. The molecule has 0 radical (unpaired) electrons. The fourth-order valence-electron chi connectivity index (χ4n) is 1.88. The van der Waals surface area contributed by atoms with Gasteiger partial charge in [-0.15, -0.1) is 11.8 Å². The summed E-state index contributed by atoms with van der Waals surface area (Å²) in [6, 6.07) is 11.3. The number of hydrogen-bond donors (Lipinski definition) is 2. The van der Waals surface area contributed by atoms with Crippen molar-refractivity contribution in [2.75, 3.05) is 16.8 Å². The van der Waals surface area contributed by atoms with Gasteiger partial charge in [-0.3, -0.25) is 4.79 Å². The summed E-state index contributed by atoms with van der Waals surface area (Å²) in [5.41, 5.74) is 8.20. The monoisotopic (exact) mass is 301 g/mol. The summed E-state index contributed by atoms with van der Waals surface area (Å²) in [4.78, 5) is 16.1. The molecule has 5 heteroatoms. The van der Waals surface area contributed by atoms with Gasteiger partial charge in [0.25, 0.3) is 0 Å². The number of carbonyl (C=O) groups is 1. The van der Waals surface area contributed by atoms with Crippen molar-refractivity contribution in [1.82, 2.24) is 4.98 Å². The van der Waals surface area contributed by atoms with Crippen LogP contribution < -0.4 is 11.1 Å². The van der Waals surface area contributed by atoms with Gasteiger partial charge in [0.1, 0.15) is 0 Å². The van der Waals surface area contributed by atoms with Crippen molar-refractivity contribution in [3.05, 3.63) is 48.2 Å². The van der Waals surface area contributed by atoms with Gasteiger partial charge in [0.2, 0.25) is 5.91 Å². The molecule has 21 heavy (non-hydrogen) atoms. The van der Waals surface area contributed by atoms with Crippen molar-refractivity contribution in [1.29, 1.82) is 0 Å². The molecule has 1 heterocycles. The van der Waals surface area contributed by atoms with Gasteiger partial charge in [-0.05, 0) is 55.0 Å². The minimum atomic E-state index is 0.0319. The van der Waals surface area contributed by atoms with Crippen molar-refractivity contribution < 1.29 is 4.79 Å². The predicted molar refractivity (Wildman–Crippen MR) is 88.4 cm³/mol. The lowest BCUT2D eigenvalue weighted by Crippen LogP contribution is -2.12. The van der Waals surface area contributed by atoms with Crippen molar-refractivity contribution >= 4 is 29.0 Å². The number of pyridine rings is 1. The Morgan fingerprint density at radius 2 is 2.19 bits per heavy atom. The quantitative estimate of drug-likeness (QED) is 0.487. The fraction of sp³-hybridized carbons (Fsp3) is 0.250. The zero-order valence-corrected chi connectivity index (χ0v) is 12.8. The number of hydrogen-bond acceptors (Lipinski definition) is 4. The zero-order valence-electron chi connectivity index (χ0n) is 12.0. The largest absolute Gasteiger partial charge is 0.399 e. The molecule has 0 unspecified atom stereocenters. The zero-order chi connectivity index (χ0) is 15.1. The van der Waals surface area contributed by atoms with Gasteiger partial charge in [0.05, 0.1) is 5.03 Å². The number of nitrogen functional groups attached to an aromatic ring is 1. The molecule has 0 fully saturated rings. The van der Waals surface area contributed by atoms with E-state index in [1.807, 2.05) is 37.3 Å². The molecule has 0 aliphatic carbocycles. The lowest BCUT2D eigenvalue weighted by molar-refractivity contribution is -0.116. The van der Waals surface area contributed by atoms with Crippen LogP contribution in [0.2, 0.25) is 0 Å². The van der Waals surface area contributed by atoms with Crippen LogP contribution in [-0.2, 0) is 4.79 Å². The van der Waals surface area contributed by atoms with Crippen LogP contribution in [-0.4, -0.2) is 16.6 Å². The highest BCUT2D eigenvalue weighted by Gasteiger charge is 2.05. The Bertz CT molecular complexity index is 602. The molecule has 1 aromatic heterocycles. The van der Waals surface area contributed by atoms with Crippen LogP contribution in [0.5, 0.6) is 0 Å². The Labute approximate surface area is 129 Å². The van der Waals surface area contributed by atoms with Crippen molar-refractivity contribution in [3.8, 4) is 0 Å². The number of anilines is 2. The molecule has 1 aromatic carbocycles. The SMILES string of the molecule is Cc1cc(N)ccc1NC(=O)CCCSc1ccccn1. The molecule has 4 nitrogen and oxygen atoms in total. The van der Waals surface area contributed by atoms with E-state index in [2.05, 4.69) is 10.3 Å². The van der Waals surface area contributed by atoms with Crippen LogP contribution in [0, 0.1) is 6.92 Å². The summed E-state index contributed by atoms with van der Waals surface area (Å²) in [5.74, 6) is 0.912. The van der Waals surface area contributed by atoms with Gasteiger partial charge < -0.3 is 11.1 Å². The molecule has 0 saturated heterocycles. The average Bonchev–Trinajstić information content (AvgIpc) is 2.48. The van der Waals surface area contributed by atoms with Crippen molar-refractivity contribution in [2.45, 2.75) is 24.8 Å². The van der Waals surface area contributed by atoms with E-state index in [0.29, 0.717) is 12.1 Å². The normalized spacial score (nSPS) is 10.3. The van der Waals surface area contributed by atoms with Gasteiger partial charge in [-0.1, -0.05) is 6.07 Å². The molecule has 1 amide bonds. The third-order valence-corrected chi connectivity index (χ3v) is 3.99. The number of nitrogens with zero attached hydrogens (tertiary/aromatic N) is 1. The van der Waals surface area contributed by atoms with E-state index < -0.39 is 0 Å². The van der Waals surface area contributed by atoms with Crippen LogP contribution >= 0.6 is 11.8 Å². The first kappa shape index (κ1) is 15.4. The number of rotatable bonds is 6. The van der Waals surface area contributed by atoms with E-state index in [0.717, 1.165) is 28.5 Å². The number of aryl methyl sites for hydroxylation is 1. The topological polar surface area (TPSA) is 68.0 Å². The summed E-state index contributed by atoms with van der Waals surface area (Å²) in [7, 11) is 0. The maximum atomic E-state index is 11.9. The highest BCUT2D eigenvalue weighted by molar-refractivity contribution is 7.99. The number of nitrogens with one attached hydrogen (secondary N) is 1. The fourth-order valence-corrected chi connectivity index (χ4v) is 2.69. The van der Waals surface area contributed by atoms with E-state index in [9.17, 15) is 4.79 Å². The number of amides is 1. The smallest absolute Gasteiger partial charge is 0.224 e. The second-order valence-electron chi connectivity index (χ2n) is 4.74. The van der Waals surface area contributed by atoms with Crippen molar-refractivity contribution in [2.24, 2.45) is 0 Å². The molecule has 3 N–H and O–H groups in total. The van der Waals surface area contributed by atoms with E-state index in [-0.39, 0.29) is 5.91 Å². The third kappa shape index (κ3) is 5.11. The van der Waals surface area contributed by atoms with Gasteiger partial charge in [0, 0.05) is 24.0 Å². The third-order valence-electron chi connectivity index (χ3n) is 2.96. The molecule has 0 aliphatic rings.